The van der Waals surface area contributed by atoms with E-state index in [9.17, 15) is 18.0 Å². The summed E-state index contributed by atoms with van der Waals surface area (Å²) in [5, 5.41) is 2.97. The average Bonchev–Trinajstić information content (AvgIpc) is 2.38. The van der Waals surface area contributed by atoms with Crippen LogP contribution in [0.1, 0.15) is 29.6 Å². The molecule has 0 aliphatic carbocycles. The van der Waals surface area contributed by atoms with Gasteiger partial charge in [0.25, 0.3) is 5.91 Å². The molecule has 1 atom stereocenters. The monoisotopic (exact) mass is 286 g/mol. The number of halogens is 3. The summed E-state index contributed by atoms with van der Waals surface area (Å²) in [6.07, 6.45) is 2.57. The molecule has 1 saturated heterocycles. The van der Waals surface area contributed by atoms with Gasteiger partial charge in [-0.25, -0.2) is 13.2 Å². The number of carbonyl (C=O) groups excluding carboxylic acids is 1. The van der Waals surface area contributed by atoms with Crippen LogP contribution < -0.4 is 5.32 Å². The highest BCUT2D eigenvalue weighted by molar-refractivity contribution is 5.95. The molecular weight excluding hydrogens is 269 g/mol. The number of nitrogens with one attached hydrogen (secondary N) is 1. The van der Waals surface area contributed by atoms with Gasteiger partial charge in [-0.15, -0.1) is 0 Å². The molecule has 1 amide bonds. The molecule has 110 valence electrons. The van der Waals surface area contributed by atoms with Crippen LogP contribution in [0.3, 0.4) is 0 Å². The average molecular weight is 286 g/mol. The highest BCUT2D eigenvalue weighted by Crippen LogP contribution is 2.22. The number of likely N-dealkylation sites (N-methyl/N-ethyl adjacent to an activating group) is 1. The predicted molar refractivity (Wildman–Crippen MR) is 68.9 cm³/mol. The zero-order valence-corrected chi connectivity index (χ0v) is 11.3. The number of likely N-dealkylation sites (tertiary alicyclic amines) is 1. The van der Waals surface area contributed by atoms with Gasteiger partial charge in [-0.1, -0.05) is 0 Å². The Morgan fingerprint density at radius 2 is 1.95 bits per heavy atom. The number of amides is 1. The van der Waals surface area contributed by atoms with E-state index >= 15 is 0 Å². The van der Waals surface area contributed by atoms with Crippen LogP contribution >= 0.6 is 0 Å². The molecule has 1 aromatic rings. The van der Waals surface area contributed by atoms with Crippen molar-refractivity contribution in [2.45, 2.75) is 25.3 Å². The van der Waals surface area contributed by atoms with Crippen molar-refractivity contribution < 1.29 is 18.0 Å². The fraction of sp³-hybridized carbons (Fsp3) is 0.500. The summed E-state index contributed by atoms with van der Waals surface area (Å²) in [6, 6.07) is 0.978. The quantitative estimate of drug-likeness (QED) is 0.925. The zero-order chi connectivity index (χ0) is 14.7. The maximum absolute atomic E-state index is 13.7. The number of hydrogen-bond acceptors (Lipinski definition) is 2. The lowest BCUT2D eigenvalue weighted by Crippen LogP contribution is -2.48. The summed E-state index contributed by atoms with van der Waals surface area (Å²) >= 11 is 0. The van der Waals surface area contributed by atoms with E-state index in [-0.39, 0.29) is 6.04 Å². The molecule has 1 unspecified atom stereocenters. The SMILES string of the molecule is CNCC1CCCCN1C(=O)c1c(F)cc(F)cc1F. The Kier molecular flexibility index (Phi) is 4.65. The fourth-order valence-corrected chi connectivity index (χ4v) is 2.61. The van der Waals surface area contributed by atoms with Crippen molar-refractivity contribution in [2.24, 2.45) is 0 Å². The van der Waals surface area contributed by atoms with E-state index in [1.165, 1.54) is 4.90 Å². The number of nitrogens with zero attached hydrogens (tertiary/aromatic N) is 1. The third kappa shape index (κ3) is 2.95. The fourth-order valence-electron chi connectivity index (χ4n) is 2.61. The van der Waals surface area contributed by atoms with Gasteiger partial charge in [0.1, 0.15) is 23.0 Å². The molecule has 1 heterocycles. The van der Waals surface area contributed by atoms with Crippen LogP contribution in [0.25, 0.3) is 0 Å². The molecule has 2 rings (SSSR count). The Hall–Kier alpha value is -1.56. The molecule has 0 aromatic heterocycles. The first-order chi connectivity index (χ1) is 9.54. The number of rotatable bonds is 3. The molecule has 6 heteroatoms. The Labute approximate surface area is 115 Å². The first-order valence-electron chi connectivity index (χ1n) is 6.64. The van der Waals surface area contributed by atoms with Crippen molar-refractivity contribution in [1.82, 2.24) is 10.2 Å². The second kappa shape index (κ2) is 6.26. The molecule has 1 aliphatic heterocycles. The van der Waals surface area contributed by atoms with Crippen molar-refractivity contribution in [3.63, 3.8) is 0 Å². The Balaban J connectivity index is 2.30. The van der Waals surface area contributed by atoms with Gasteiger partial charge in [0, 0.05) is 31.3 Å². The summed E-state index contributed by atoms with van der Waals surface area (Å²) in [4.78, 5) is 13.8. The molecule has 0 bridgehead atoms. The summed E-state index contributed by atoms with van der Waals surface area (Å²) < 4.78 is 40.3. The van der Waals surface area contributed by atoms with E-state index in [1.807, 2.05) is 0 Å². The van der Waals surface area contributed by atoms with Crippen molar-refractivity contribution in [3.05, 3.63) is 35.1 Å². The lowest BCUT2D eigenvalue weighted by molar-refractivity contribution is 0.0605. The zero-order valence-electron chi connectivity index (χ0n) is 11.3. The van der Waals surface area contributed by atoms with E-state index in [1.54, 1.807) is 7.05 Å². The van der Waals surface area contributed by atoms with Gasteiger partial charge in [-0.2, -0.15) is 0 Å². The van der Waals surface area contributed by atoms with E-state index in [0.29, 0.717) is 25.2 Å². The standard InChI is InChI=1S/C14H17F3N2O/c1-18-8-10-4-2-3-5-19(10)14(20)13-11(16)6-9(15)7-12(13)17/h6-7,10,18H,2-5,8H2,1H3. The predicted octanol–water partition coefficient (Wildman–Crippen LogP) is 2.32. The molecular formula is C14H17F3N2O. The largest absolute Gasteiger partial charge is 0.334 e. The van der Waals surface area contributed by atoms with E-state index < -0.39 is 28.9 Å². The molecule has 20 heavy (non-hydrogen) atoms. The normalized spacial score (nSPS) is 19.2. The highest BCUT2D eigenvalue weighted by Gasteiger charge is 2.30. The van der Waals surface area contributed by atoms with Crippen LogP contribution in [0.4, 0.5) is 13.2 Å². The molecule has 1 aliphatic rings. The topological polar surface area (TPSA) is 32.3 Å². The van der Waals surface area contributed by atoms with E-state index in [4.69, 9.17) is 0 Å². The first-order valence-corrected chi connectivity index (χ1v) is 6.64. The number of piperidine rings is 1. The van der Waals surface area contributed by atoms with Gasteiger partial charge in [0.05, 0.1) is 0 Å². The van der Waals surface area contributed by atoms with Gasteiger partial charge in [-0.3, -0.25) is 4.79 Å². The number of hydrogen-bond donors (Lipinski definition) is 1. The molecule has 3 nitrogen and oxygen atoms in total. The van der Waals surface area contributed by atoms with E-state index in [2.05, 4.69) is 5.32 Å². The molecule has 0 spiro atoms. The van der Waals surface area contributed by atoms with Crippen molar-refractivity contribution in [1.29, 1.82) is 0 Å². The lowest BCUT2D eigenvalue weighted by Gasteiger charge is -2.35. The van der Waals surface area contributed by atoms with Gasteiger partial charge in [0.15, 0.2) is 0 Å². The van der Waals surface area contributed by atoms with Crippen LogP contribution in [-0.4, -0.2) is 37.0 Å². The minimum Gasteiger partial charge on any atom is -0.334 e. The number of carbonyl (C=O) groups is 1. The Morgan fingerprint density at radius 3 is 2.55 bits per heavy atom. The summed E-state index contributed by atoms with van der Waals surface area (Å²) in [5.41, 5.74) is -0.672. The van der Waals surface area contributed by atoms with Gasteiger partial charge in [0.2, 0.25) is 0 Å². The summed E-state index contributed by atoms with van der Waals surface area (Å²) in [6.45, 7) is 1.03. The van der Waals surface area contributed by atoms with Gasteiger partial charge >= 0.3 is 0 Å². The lowest BCUT2D eigenvalue weighted by atomic mass is 10.0. The minimum atomic E-state index is -1.15. The van der Waals surface area contributed by atoms with Crippen molar-refractivity contribution in [3.8, 4) is 0 Å². The summed E-state index contributed by atoms with van der Waals surface area (Å²) in [7, 11) is 1.76. The Bertz CT molecular complexity index is 482. The van der Waals surface area contributed by atoms with Crippen LogP contribution in [0, 0.1) is 17.5 Å². The minimum absolute atomic E-state index is 0.0925. The highest BCUT2D eigenvalue weighted by atomic mass is 19.1. The molecule has 0 radical (unpaired) electrons. The third-order valence-corrected chi connectivity index (χ3v) is 3.55. The van der Waals surface area contributed by atoms with E-state index in [0.717, 1.165) is 19.3 Å². The molecule has 0 saturated carbocycles. The van der Waals surface area contributed by atoms with Crippen LogP contribution in [0.15, 0.2) is 12.1 Å². The third-order valence-electron chi connectivity index (χ3n) is 3.55. The molecule has 1 fully saturated rings. The summed E-state index contributed by atoms with van der Waals surface area (Å²) in [5.74, 6) is -4.04. The maximum Gasteiger partial charge on any atom is 0.260 e. The van der Waals surface area contributed by atoms with Crippen molar-refractivity contribution in [2.75, 3.05) is 20.1 Å². The van der Waals surface area contributed by atoms with Crippen LogP contribution in [0.2, 0.25) is 0 Å². The number of benzene rings is 1. The van der Waals surface area contributed by atoms with Crippen LogP contribution in [-0.2, 0) is 0 Å². The second-order valence-corrected chi connectivity index (χ2v) is 4.95. The molecule has 1 aromatic carbocycles. The second-order valence-electron chi connectivity index (χ2n) is 4.95. The molecule has 1 N–H and O–H groups in total. The maximum atomic E-state index is 13.7. The van der Waals surface area contributed by atoms with Gasteiger partial charge < -0.3 is 10.2 Å². The first kappa shape index (κ1) is 14.8. The smallest absolute Gasteiger partial charge is 0.260 e. The Morgan fingerprint density at radius 1 is 1.30 bits per heavy atom. The van der Waals surface area contributed by atoms with Crippen molar-refractivity contribution >= 4 is 5.91 Å². The van der Waals surface area contributed by atoms with Crippen LogP contribution in [0.5, 0.6) is 0 Å². The van der Waals surface area contributed by atoms with Gasteiger partial charge in [-0.05, 0) is 26.3 Å².